The Morgan fingerprint density at radius 3 is 2.71 bits per heavy atom. The van der Waals surface area contributed by atoms with Crippen molar-refractivity contribution in [3.63, 3.8) is 0 Å². The maximum absolute atomic E-state index is 10.8. The Kier molecular flexibility index (Phi) is 2.31. The molecule has 0 bridgehead atoms. The molecule has 0 fully saturated rings. The van der Waals surface area contributed by atoms with Gasteiger partial charge in [0, 0.05) is 0 Å². The van der Waals surface area contributed by atoms with Gasteiger partial charge in [0.2, 0.25) is 0 Å². The lowest BCUT2D eigenvalue weighted by molar-refractivity contribution is -0.112. The van der Waals surface area contributed by atoms with Gasteiger partial charge in [-0.2, -0.15) is 0 Å². The van der Waals surface area contributed by atoms with E-state index < -0.39 is 0 Å². The smallest absolute Gasteiger partial charge is 0.167 e. The Balaban J connectivity index is 2.26. The standard InChI is InChI=1S/C11H11NO2/c1-8-10(7-13)11(14-12-8)9-5-3-2-4-6-9/h2-7,10-11H,1H3. The number of carbonyl (C=O) groups is 1. The topological polar surface area (TPSA) is 38.7 Å². The van der Waals surface area contributed by atoms with Gasteiger partial charge >= 0.3 is 0 Å². The van der Waals surface area contributed by atoms with Gasteiger partial charge in [0.1, 0.15) is 6.29 Å². The summed E-state index contributed by atoms with van der Waals surface area (Å²) in [6, 6.07) is 9.66. The molecule has 1 heterocycles. The molecule has 1 aliphatic heterocycles. The number of benzene rings is 1. The molecule has 0 saturated carbocycles. The Morgan fingerprint density at radius 1 is 1.36 bits per heavy atom. The van der Waals surface area contributed by atoms with Gasteiger partial charge in [-0.25, -0.2) is 0 Å². The van der Waals surface area contributed by atoms with E-state index in [0.717, 1.165) is 17.6 Å². The van der Waals surface area contributed by atoms with Crippen LogP contribution in [0.15, 0.2) is 35.5 Å². The zero-order valence-electron chi connectivity index (χ0n) is 7.88. The van der Waals surface area contributed by atoms with E-state index in [1.165, 1.54) is 0 Å². The summed E-state index contributed by atoms with van der Waals surface area (Å²) < 4.78 is 0. The quantitative estimate of drug-likeness (QED) is 0.667. The largest absolute Gasteiger partial charge is 0.386 e. The molecule has 3 heteroatoms. The lowest BCUT2D eigenvalue weighted by atomic mass is 9.94. The summed E-state index contributed by atoms with van der Waals surface area (Å²) >= 11 is 0. The number of oxime groups is 1. The summed E-state index contributed by atoms with van der Waals surface area (Å²) in [5.41, 5.74) is 1.74. The van der Waals surface area contributed by atoms with Crippen molar-refractivity contribution in [1.82, 2.24) is 0 Å². The molecule has 2 rings (SSSR count). The number of aldehydes is 1. The van der Waals surface area contributed by atoms with Crippen LogP contribution in [0.5, 0.6) is 0 Å². The molecule has 0 saturated heterocycles. The summed E-state index contributed by atoms with van der Waals surface area (Å²) in [7, 11) is 0. The first-order valence-electron chi connectivity index (χ1n) is 4.53. The molecule has 14 heavy (non-hydrogen) atoms. The van der Waals surface area contributed by atoms with Gasteiger partial charge < -0.3 is 9.63 Å². The molecular formula is C11H11NO2. The van der Waals surface area contributed by atoms with E-state index >= 15 is 0 Å². The highest BCUT2D eigenvalue weighted by molar-refractivity contribution is 5.97. The molecule has 0 aromatic heterocycles. The van der Waals surface area contributed by atoms with Crippen LogP contribution in [0.2, 0.25) is 0 Å². The third-order valence-electron chi connectivity index (χ3n) is 2.39. The Hall–Kier alpha value is -1.64. The first-order chi connectivity index (χ1) is 6.83. The number of hydrogen-bond donors (Lipinski definition) is 0. The fourth-order valence-electron chi connectivity index (χ4n) is 1.57. The normalized spacial score (nSPS) is 25.4. The van der Waals surface area contributed by atoms with Crippen LogP contribution in [-0.4, -0.2) is 12.0 Å². The van der Waals surface area contributed by atoms with Gasteiger partial charge in [0.05, 0.1) is 11.6 Å². The van der Waals surface area contributed by atoms with E-state index in [9.17, 15) is 4.79 Å². The highest BCUT2D eigenvalue weighted by atomic mass is 16.6. The second-order valence-corrected chi connectivity index (χ2v) is 3.33. The summed E-state index contributed by atoms with van der Waals surface area (Å²) in [5.74, 6) is -0.239. The maximum atomic E-state index is 10.8. The van der Waals surface area contributed by atoms with E-state index in [1.807, 2.05) is 37.3 Å². The van der Waals surface area contributed by atoms with Gasteiger partial charge in [-0.1, -0.05) is 35.5 Å². The molecule has 1 aliphatic rings. The average molecular weight is 189 g/mol. The van der Waals surface area contributed by atoms with Crippen LogP contribution in [0.25, 0.3) is 0 Å². The van der Waals surface area contributed by atoms with Crippen molar-refractivity contribution in [2.45, 2.75) is 13.0 Å². The van der Waals surface area contributed by atoms with E-state index in [1.54, 1.807) is 0 Å². The summed E-state index contributed by atoms with van der Waals surface area (Å²) in [5, 5.41) is 3.83. The Morgan fingerprint density at radius 2 is 2.07 bits per heavy atom. The van der Waals surface area contributed by atoms with E-state index in [-0.39, 0.29) is 12.0 Å². The van der Waals surface area contributed by atoms with Crippen LogP contribution in [0.3, 0.4) is 0 Å². The SMILES string of the molecule is CC1=NOC(c2ccccc2)C1C=O. The lowest BCUT2D eigenvalue weighted by Crippen LogP contribution is -2.16. The summed E-state index contributed by atoms with van der Waals surface area (Å²) in [4.78, 5) is 16.1. The fraction of sp³-hybridized carbons (Fsp3) is 0.273. The minimum Gasteiger partial charge on any atom is -0.386 e. The molecule has 72 valence electrons. The molecule has 1 aromatic carbocycles. The highest BCUT2D eigenvalue weighted by Crippen LogP contribution is 2.31. The van der Waals surface area contributed by atoms with Gasteiger partial charge in [-0.3, -0.25) is 0 Å². The highest BCUT2D eigenvalue weighted by Gasteiger charge is 2.32. The summed E-state index contributed by atoms with van der Waals surface area (Å²) in [6.07, 6.45) is 0.650. The van der Waals surface area contributed by atoms with Crippen LogP contribution in [0.4, 0.5) is 0 Å². The average Bonchev–Trinajstić information content (AvgIpc) is 2.61. The van der Waals surface area contributed by atoms with Crippen molar-refractivity contribution in [3.8, 4) is 0 Å². The monoisotopic (exact) mass is 189 g/mol. The zero-order valence-corrected chi connectivity index (χ0v) is 7.88. The van der Waals surface area contributed by atoms with Gasteiger partial charge in [0.15, 0.2) is 6.10 Å². The van der Waals surface area contributed by atoms with Crippen LogP contribution >= 0.6 is 0 Å². The molecule has 1 aromatic rings. The number of nitrogens with zero attached hydrogens (tertiary/aromatic N) is 1. The van der Waals surface area contributed by atoms with Gasteiger partial charge in [-0.05, 0) is 12.5 Å². The molecule has 2 atom stereocenters. The molecule has 0 radical (unpaired) electrons. The van der Waals surface area contributed by atoms with Crippen molar-refractivity contribution < 1.29 is 9.63 Å². The molecule has 0 spiro atoms. The van der Waals surface area contributed by atoms with Crippen LogP contribution in [-0.2, 0) is 9.63 Å². The lowest BCUT2D eigenvalue weighted by Gasteiger charge is -2.12. The van der Waals surface area contributed by atoms with Crippen LogP contribution in [0, 0.1) is 5.92 Å². The second-order valence-electron chi connectivity index (χ2n) is 3.33. The molecule has 0 N–H and O–H groups in total. The first-order valence-corrected chi connectivity index (χ1v) is 4.53. The molecule has 2 unspecified atom stereocenters. The minimum absolute atomic E-state index is 0.239. The van der Waals surface area contributed by atoms with Crippen LogP contribution in [0.1, 0.15) is 18.6 Å². The predicted octanol–water partition coefficient (Wildman–Crippen LogP) is 1.95. The fourth-order valence-corrected chi connectivity index (χ4v) is 1.57. The van der Waals surface area contributed by atoms with Crippen molar-refractivity contribution in [3.05, 3.63) is 35.9 Å². The number of rotatable bonds is 2. The Bertz CT molecular complexity index is 359. The van der Waals surface area contributed by atoms with Crippen molar-refractivity contribution in [1.29, 1.82) is 0 Å². The summed E-state index contributed by atoms with van der Waals surface area (Å²) in [6.45, 7) is 1.81. The molecular weight excluding hydrogens is 178 g/mol. The zero-order chi connectivity index (χ0) is 9.97. The third kappa shape index (κ3) is 1.41. The van der Waals surface area contributed by atoms with E-state index in [0.29, 0.717) is 0 Å². The van der Waals surface area contributed by atoms with E-state index in [2.05, 4.69) is 5.16 Å². The predicted molar refractivity (Wildman–Crippen MR) is 52.9 cm³/mol. The second kappa shape index (κ2) is 3.62. The van der Waals surface area contributed by atoms with Crippen molar-refractivity contribution >= 4 is 12.0 Å². The first kappa shape index (κ1) is 8.94. The Labute approximate surface area is 82.4 Å². The van der Waals surface area contributed by atoms with Crippen molar-refractivity contribution in [2.75, 3.05) is 0 Å². The molecule has 0 aliphatic carbocycles. The van der Waals surface area contributed by atoms with Gasteiger partial charge in [-0.15, -0.1) is 0 Å². The van der Waals surface area contributed by atoms with Crippen LogP contribution < -0.4 is 0 Å². The van der Waals surface area contributed by atoms with Crippen molar-refractivity contribution in [2.24, 2.45) is 11.1 Å². The maximum Gasteiger partial charge on any atom is 0.167 e. The molecule has 3 nitrogen and oxygen atoms in total. The van der Waals surface area contributed by atoms with Gasteiger partial charge in [0.25, 0.3) is 0 Å². The number of carbonyl (C=O) groups excluding carboxylic acids is 1. The minimum atomic E-state index is -0.242. The number of hydrogen-bond acceptors (Lipinski definition) is 3. The third-order valence-corrected chi connectivity index (χ3v) is 2.39. The van der Waals surface area contributed by atoms with E-state index in [4.69, 9.17) is 4.84 Å². The molecule has 0 amide bonds.